The van der Waals surface area contributed by atoms with Crippen molar-refractivity contribution in [3.8, 4) is 0 Å². The van der Waals surface area contributed by atoms with Crippen molar-refractivity contribution in [1.29, 1.82) is 0 Å². The summed E-state index contributed by atoms with van der Waals surface area (Å²) in [6, 6.07) is 4.94. The van der Waals surface area contributed by atoms with E-state index in [9.17, 15) is 9.50 Å². The van der Waals surface area contributed by atoms with Crippen LogP contribution < -0.4 is 4.90 Å². The van der Waals surface area contributed by atoms with Gasteiger partial charge in [-0.15, -0.1) is 0 Å². The molecule has 1 N–H and O–H groups in total. The van der Waals surface area contributed by atoms with Gasteiger partial charge in [-0.2, -0.15) is 0 Å². The van der Waals surface area contributed by atoms with E-state index >= 15 is 0 Å². The molecule has 1 aromatic heterocycles. The Labute approximate surface area is 166 Å². The summed E-state index contributed by atoms with van der Waals surface area (Å²) in [5, 5.41) is 10.9. The lowest BCUT2D eigenvalue weighted by Gasteiger charge is -2.39. The largest absolute Gasteiger partial charge is 0.380 e. The summed E-state index contributed by atoms with van der Waals surface area (Å²) >= 11 is 0. The van der Waals surface area contributed by atoms with Crippen LogP contribution in [0.2, 0.25) is 0 Å². The maximum Gasteiger partial charge on any atom is 0.146 e. The Morgan fingerprint density at radius 1 is 1.21 bits per heavy atom. The highest BCUT2D eigenvalue weighted by atomic mass is 19.1. The van der Waals surface area contributed by atoms with Crippen LogP contribution in [0.25, 0.3) is 0 Å². The number of anilines is 1. The number of rotatable bonds is 5. The lowest BCUT2D eigenvalue weighted by atomic mass is 9.93. The predicted octanol–water partition coefficient (Wildman–Crippen LogP) is 3.12. The summed E-state index contributed by atoms with van der Waals surface area (Å²) in [6.07, 6.45) is 10.7. The lowest BCUT2D eigenvalue weighted by Crippen LogP contribution is -2.48. The summed E-state index contributed by atoms with van der Waals surface area (Å²) in [7, 11) is 1.84. The van der Waals surface area contributed by atoms with Gasteiger partial charge >= 0.3 is 0 Å². The predicted molar refractivity (Wildman–Crippen MR) is 109 cm³/mol. The second-order valence-corrected chi connectivity index (χ2v) is 7.91. The number of para-hydroxylation sites is 1. The van der Waals surface area contributed by atoms with Crippen LogP contribution in [0.3, 0.4) is 0 Å². The fourth-order valence-electron chi connectivity index (χ4n) is 4.41. The molecule has 2 heterocycles. The average Bonchev–Trinajstić information content (AvgIpc) is 3.15. The Morgan fingerprint density at radius 2 is 2.04 bits per heavy atom. The van der Waals surface area contributed by atoms with Crippen molar-refractivity contribution in [2.45, 2.75) is 25.4 Å². The summed E-state index contributed by atoms with van der Waals surface area (Å²) < 4.78 is 16.6. The third-order valence-corrected chi connectivity index (χ3v) is 6.00. The van der Waals surface area contributed by atoms with Crippen molar-refractivity contribution in [3.05, 3.63) is 59.9 Å². The number of benzene rings is 1. The Morgan fingerprint density at radius 3 is 2.71 bits per heavy atom. The van der Waals surface area contributed by atoms with Gasteiger partial charge in [0.2, 0.25) is 0 Å². The van der Waals surface area contributed by atoms with Gasteiger partial charge in [0.25, 0.3) is 0 Å². The first kappa shape index (κ1) is 19.2. The van der Waals surface area contributed by atoms with Crippen molar-refractivity contribution in [2.24, 2.45) is 13.0 Å². The molecule has 0 spiro atoms. The second-order valence-electron chi connectivity index (χ2n) is 7.91. The normalized spacial score (nSPS) is 21.8. The number of aryl methyl sites for hydroxylation is 1. The highest BCUT2D eigenvalue weighted by Crippen LogP contribution is 2.33. The van der Waals surface area contributed by atoms with E-state index in [-0.39, 0.29) is 5.82 Å². The second kappa shape index (κ2) is 8.45. The Hall–Kier alpha value is -2.18. The zero-order valence-corrected chi connectivity index (χ0v) is 16.5. The first-order valence-electron chi connectivity index (χ1n) is 10.2. The van der Waals surface area contributed by atoms with Gasteiger partial charge in [-0.05, 0) is 31.2 Å². The first-order valence-corrected chi connectivity index (χ1v) is 10.2. The minimum atomic E-state index is -0.947. The van der Waals surface area contributed by atoms with E-state index in [4.69, 9.17) is 0 Å². The van der Waals surface area contributed by atoms with Crippen molar-refractivity contribution in [3.63, 3.8) is 0 Å². The van der Waals surface area contributed by atoms with Gasteiger partial charge in [0.15, 0.2) is 0 Å². The molecule has 1 saturated heterocycles. The molecule has 0 amide bonds. The maximum atomic E-state index is 14.8. The van der Waals surface area contributed by atoms with Crippen molar-refractivity contribution < 1.29 is 9.50 Å². The molecule has 0 unspecified atom stereocenters. The van der Waals surface area contributed by atoms with Crippen LogP contribution in [0.15, 0.2) is 42.7 Å². The number of nitrogens with zero attached hydrogens (tertiary/aromatic N) is 4. The van der Waals surface area contributed by atoms with Gasteiger partial charge in [0.05, 0.1) is 5.69 Å². The highest BCUT2D eigenvalue weighted by molar-refractivity contribution is 5.57. The molecule has 150 valence electrons. The van der Waals surface area contributed by atoms with Gasteiger partial charge in [-0.25, -0.2) is 9.37 Å². The molecule has 0 radical (unpaired) electrons. The smallest absolute Gasteiger partial charge is 0.146 e. The molecule has 0 saturated carbocycles. The molecule has 4 rings (SSSR count). The van der Waals surface area contributed by atoms with Crippen LogP contribution in [0.1, 0.15) is 36.8 Å². The summed E-state index contributed by atoms with van der Waals surface area (Å²) in [6.45, 7) is 4.50. The molecule has 0 bridgehead atoms. The third kappa shape index (κ3) is 3.98. The number of allylic oxidation sites excluding steroid dienone is 2. The van der Waals surface area contributed by atoms with Crippen LogP contribution in [-0.2, 0) is 7.05 Å². The number of hydrogen-bond acceptors (Lipinski definition) is 4. The Bertz CT molecular complexity index is 826. The van der Waals surface area contributed by atoms with E-state index in [2.05, 4.69) is 26.9 Å². The molecular weight excluding hydrogens is 355 g/mol. The highest BCUT2D eigenvalue weighted by Gasteiger charge is 2.27. The number of aliphatic hydroxyl groups is 1. The summed E-state index contributed by atoms with van der Waals surface area (Å²) in [5.74, 6) is 0.985. The monoisotopic (exact) mass is 384 g/mol. The van der Waals surface area contributed by atoms with Gasteiger partial charge < -0.3 is 14.6 Å². The number of aromatic nitrogens is 2. The maximum absolute atomic E-state index is 14.8. The quantitative estimate of drug-likeness (QED) is 0.805. The van der Waals surface area contributed by atoms with Gasteiger partial charge in [-0.3, -0.25) is 4.90 Å². The standard InChI is InChI=1S/C22H29FN4O/c1-25-11-10-24-22(25)21(28)18-8-5-9-19(23)20(18)27-14-12-26(13-15-27)16-17-6-3-2-4-7-17/h2-3,5,8-11,17,21,28H,4,6-7,12-16H2,1H3/t17-,21+/m1/s1. The number of imidazole rings is 1. The van der Waals surface area contributed by atoms with Crippen molar-refractivity contribution >= 4 is 5.69 Å². The van der Waals surface area contributed by atoms with E-state index in [1.807, 2.05) is 7.05 Å². The molecular formula is C22H29FN4O. The van der Waals surface area contributed by atoms with Gasteiger partial charge in [0.1, 0.15) is 17.7 Å². The minimum Gasteiger partial charge on any atom is -0.380 e. The van der Waals surface area contributed by atoms with E-state index in [1.165, 1.54) is 25.3 Å². The molecule has 2 aliphatic rings. The Balaban J connectivity index is 1.47. The molecule has 2 atom stereocenters. The van der Waals surface area contributed by atoms with E-state index in [0.29, 0.717) is 17.1 Å². The minimum absolute atomic E-state index is 0.281. The van der Waals surface area contributed by atoms with E-state index in [0.717, 1.165) is 38.6 Å². The van der Waals surface area contributed by atoms with Crippen molar-refractivity contribution in [2.75, 3.05) is 37.6 Å². The fraction of sp³-hybridized carbons (Fsp3) is 0.500. The molecule has 1 aliphatic carbocycles. The van der Waals surface area contributed by atoms with Crippen molar-refractivity contribution in [1.82, 2.24) is 14.5 Å². The Kier molecular flexibility index (Phi) is 5.78. The van der Waals surface area contributed by atoms with Crippen LogP contribution in [-0.4, -0.2) is 52.3 Å². The van der Waals surface area contributed by atoms with Gasteiger partial charge in [-0.1, -0.05) is 24.3 Å². The lowest BCUT2D eigenvalue weighted by molar-refractivity contribution is 0.201. The van der Waals surface area contributed by atoms with E-state index in [1.54, 1.807) is 29.1 Å². The van der Waals surface area contributed by atoms with E-state index < -0.39 is 6.10 Å². The molecule has 28 heavy (non-hydrogen) atoms. The molecule has 1 aromatic carbocycles. The molecule has 1 fully saturated rings. The number of hydrogen-bond donors (Lipinski definition) is 1. The topological polar surface area (TPSA) is 44.5 Å². The number of piperazine rings is 1. The van der Waals surface area contributed by atoms with Crippen LogP contribution in [0.5, 0.6) is 0 Å². The third-order valence-electron chi connectivity index (χ3n) is 6.00. The number of halogens is 1. The van der Waals surface area contributed by atoms with Gasteiger partial charge in [0, 0.05) is 57.7 Å². The molecule has 1 aliphatic heterocycles. The molecule has 5 nitrogen and oxygen atoms in total. The average molecular weight is 384 g/mol. The SMILES string of the molecule is Cn1ccnc1[C@@H](O)c1cccc(F)c1N1CCN(C[C@@H]2CC=CCC2)CC1. The number of aliphatic hydroxyl groups excluding tert-OH is 1. The fourth-order valence-corrected chi connectivity index (χ4v) is 4.41. The molecule has 6 heteroatoms. The van der Waals surface area contributed by atoms with Crippen LogP contribution in [0.4, 0.5) is 10.1 Å². The molecule has 2 aromatic rings. The summed E-state index contributed by atoms with van der Waals surface area (Å²) in [4.78, 5) is 8.82. The zero-order chi connectivity index (χ0) is 19.5. The van der Waals surface area contributed by atoms with Crippen LogP contribution >= 0.6 is 0 Å². The first-order chi connectivity index (χ1) is 13.6. The zero-order valence-electron chi connectivity index (χ0n) is 16.5. The van der Waals surface area contributed by atoms with Crippen LogP contribution in [0, 0.1) is 11.7 Å². The summed E-state index contributed by atoms with van der Waals surface area (Å²) in [5.41, 5.74) is 1.10.